The molecule has 0 radical (unpaired) electrons. The highest BCUT2D eigenvalue weighted by atomic mass is 16.3. The number of rotatable bonds is 2. The lowest BCUT2D eigenvalue weighted by atomic mass is 9.93. The molecule has 0 amide bonds. The van der Waals surface area contributed by atoms with E-state index in [-0.39, 0.29) is 6.10 Å². The Hall–Kier alpha value is -0.0400. The summed E-state index contributed by atoms with van der Waals surface area (Å²) in [6.07, 6.45) is 3.42. The molecule has 0 aromatic heterocycles. The number of aliphatic hydroxyl groups is 1. The third kappa shape index (κ3) is 1.96. The molecule has 0 aromatic rings. The summed E-state index contributed by atoms with van der Waals surface area (Å²) < 4.78 is 0. The molecule has 0 aromatic carbocycles. The fraction of sp³-hybridized carbons (Fsp3) is 1.00. The SMILES string of the molecule is CC[C@H]1C[C@@H](C(C)C)C[C@@H]1O. The van der Waals surface area contributed by atoms with Crippen LogP contribution in [-0.4, -0.2) is 11.2 Å². The van der Waals surface area contributed by atoms with Crippen molar-refractivity contribution in [2.45, 2.75) is 46.1 Å². The first kappa shape index (κ1) is 9.05. The van der Waals surface area contributed by atoms with Crippen LogP contribution in [0.5, 0.6) is 0 Å². The first-order valence-electron chi connectivity index (χ1n) is 4.83. The maximum Gasteiger partial charge on any atom is 0.0571 e. The summed E-state index contributed by atoms with van der Waals surface area (Å²) in [4.78, 5) is 0. The van der Waals surface area contributed by atoms with Gasteiger partial charge in [-0.05, 0) is 30.6 Å². The maximum absolute atomic E-state index is 9.61. The lowest BCUT2D eigenvalue weighted by Gasteiger charge is -2.12. The van der Waals surface area contributed by atoms with Crippen molar-refractivity contribution in [1.29, 1.82) is 0 Å². The van der Waals surface area contributed by atoms with E-state index in [2.05, 4.69) is 20.8 Å². The van der Waals surface area contributed by atoms with Gasteiger partial charge in [-0.3, -0.25) is 0 Å². The molecular formula is C10H20O. The van der Waals surface area contributed by atoms with Crippen molar-refractivity contribution in [2.24, 2.45) is 17.8 Å². The maximum atomic E-state index is 9.61. The van der Waals surface area contributed by atoms with Crippen molar-refractivity contribution < 1.29 is 5.11 Å². The van der Waals surface area contributed by atoms with Crippen molar-refractivity contribution in [3.63, 3.8) is 0 Å². The van der Waals surface area contributed by atoms with Gasteiger partial charge in [0.05, 0.1) is 6.10 Å². The quantitative estimate of drug-likeness (QED) is 0.651. The van der Waals surface area contributed by atoms with Gasteiger partial charge in [0, 0.05) is 0 Å². The minimum atomic E-state index is -0.00704. The third-order valence-electron chi connectivity index (χ3n) is 3.16. The van der Waals surface area contributed by atoms with E-state index < -0.39 is 0 Å². The molecule has 0 unspecified atom stereocenters. The molecular weight excluding hydrogens is 136 g/mol. The standard InChI is InChI=1S/C10H20O/c1-4-8-5-9(7(2)3)6-10(8)11/h7-11H,4-6H2,1-3H3/t8-,9+,10-/m0/s1. The molecule has 11 heavy (non-hydrogen) atoms. The highest BCUT2D eigenvalue weighted by molar-refractivity contribution is 4.83. The van der Waals surface area contributed by atoms with Crippen LogP contribution in [-0.2, 0) is 0 Å². The first-order chi connectivity index (χ1) is 5.15. The van der Waals surface area contributed by atoms with Crippen molar-refractivity contribution in [3.8, 4) is 0 Å². The summed E-state index contributed by atoms with van der Waals surface area (Å²) in [6, 6.07) is 0. The highest BCUT2D eigenvalue weighted by Gasteiger charge is 2.32. The van der Waals surface area contributed by atoms with E-state index in [0.29, 0.717) is 5.92 Å². The van der Waals surface area contributed by atoms with Crippen LogP contribution in [0.3, 0.4) is 0 Å². The Balaban J connectivity index is 2.43. The average Bonchev–Trinajstić information content (AvgIpc) is 2.31. The Morgan fingerprint density at radius 3 is 2.27 bits per heavy atom. The molecule has 0 bridgehead atoms. The molecule has 3 atom stereocenters. The van der Waals surface area contributed by atoms with Crippen LogP contribution in [0.2, 0.25) is 0 Å². The van der Waals surface area contributed by atoms with Gasteiger partial charge in [0.2, 0.25) is 0 Å². The van der Waals surface area contributed by atoms with Gasteiger partial charge in [-0.25, -0.2) is 0 Å². The summed E-state index contributed by atoms with van der Waals surface area (Å²) in [7, 11) is 0. The number of hydrogen-bond acceptors (Lipinski definition) is 1. The zero-order chi connectivity index (χ0) is 8.43. The zero-order valence-electron chi connectivity index (χ0n) is 7.88. The second-order valence-corrected chi connectivity index (χ2v) is 4.21. The van der Waals surface area contributed by atoms with Gasteiger partial charge in [0.15, 0.2) is 0 Å². The normalized spacial score (nSPS) is 38.5. The summed E-state index contributed by atoms with van der Waals surface area (Å²) >= 11 is 0. The van der Waals surface area contributed by atoms with Crippen LogP contribution in [0, 0.1) is 17.8 Å². The van der Waals surface area contributed by atoms with Gasteiger partial charge in [-0.15, -0.1) is 0 Å². The molecule has 1 saturated carbocycles. The molecule has 1 heteroatoms. The van der Waals surface area contributed by atoms with E-state index in [0.717, 1.165) is 24.7 Å². The Labute approximate surface area is 69.8 Å². The van der Waals surface area contributed by atoms with Gasteiger partial charge < -0.3 is 5.11 Å². The van der Waals surface area contributed by atoms with Gasteiger partial charge >= 0.3 is 0 Å². The molecule has 1 N–H and O–H groups in total. The van der Waals surface area contributed by atoms with Crippen LogP contribution in [0.15, 0.2) is 0 Å². The van der Waals surface area contributed by atoms with E-state index in [1.54, 1.807) is 0 Å². The average molecular weight is 156 g/mol. The summed E-state index contributed by atoms with van der Waals surface area (Å²) in [5.74, 6) is 2.11. The Bertz CT molecular complexity index is 120. The first-order valence-corrected chi connectivity index (χ1v) is 4.83. The Morgan fingerprint density at radius 1 is 1.36 bits per heavy atom. The molecule has 0 aliphatic heterocycles. The Morgan fingerprint density at radius 2 is 2.00 bits per heavy atom. The predicted molar refractivity (Wildman–Crippen MR) is 47.3 cm³/mol. The van der Waals surface area contributed by atoms with Crippen molar-refractivity contribution in [3.05, 3.63) is 0 Å². The fourth-order valence-corrected chi connectivity index (χ4v) is 2.13. The highest BCUT2D eigenvalue weighted by Crippen LogP contribution is 2.37. The molecule has 0 spiro atoms. The topological polar surface area (TPSA) is 20.2 Å². The fourth-order valence-electron chi connectivity index (χ4n) is 2.13. The summed E-state index contributed by atoms with van der Waals surface area (Å²) in [5, 5.41) is 9.61. The molecule has 1 aliphatic carbocycles. The number of aliphatic hydroxyl groups excluding tert-OH is 1. The van der Waals surface area contributed by atoms with Crippen molar-refractivity contribution in [2.75, 3.05) is 0 Å². The lowest BCUT2D eigenvalue weighted by molar-refractivity contribution is 0.128. The van der Waals surface area contributed by atoms with Gasteiger partial charge in [-0.2, -0.15) is 0 Å². The van der Waals surface area contributed by atoms with E-state index in [1.165, 1.54) is 6.42 Å². The smallest absolute Gasteiger partial charge is 0.0571 e. The van der Waals surface area contributed by atoms with E-state index >= 15 is 0 Å². The van der Waals surface area contributed by atoms with Crippen LogP contribution in [0.4, 0.5) is 0 Å². The molecule has 1 fully saturated rings. The van der Waals surface area contributed by atoms with Gasteiger partial charge in [-0.1, -0.05) is 27.2 Å². The van der Waals surface area contributed by atoms with Crippen LogP contribution < -0.4 is 0 Å². The van der Waals surface area contributed by atoms with Crippen molar-refractivity contribution in [1.82, 2.24) is 0 Å². The van der Waals surface area contributed by atoms with Gasteiger partial charge in [0.25, 0.3) is 0 Å². The summed E-state index contributed by atoms with van der Waals surface area (Å²) in [5.41, 5.74) is 0. The minimum Gasteiger partial charge on any atom is -0.393 e. The van der Waals surface area contributed by atoms with E-state index in [1.807, 2.05) is 0 Å². The monoisotopic (exact) mass is 156 g/mol. The van der Waals surface area contributed by atoms with Crippen LogP contribution in [0.25, 0.3) is 0 Å². The molecule has 1 aliphatic rings. The van der Waals surface area contributed by atoms with E-state index in [4.69, 9.17) is 0 Å². The largest absolute Gasteiger partial charge is 0.393 e. The van der Waals surface area contributed by atoms with E-state index in [9.17, 15) is 5.11 Å². The zero-order valence-corrected chi connectivity index (χ0v) is 7.88. The molecule has 0 heterocycles. The predicted octanol–water partition coefficient (Wildman–Crippen LogP) is 2.44. The van der Waals surface area contributed by atoms with Gasteiger partial charge in [0.1, 0.15) is 0 Å². The Kier molecular flexibility index (Phi) is 2.94. The molecule has 66 valence electrons. The third-order valence-corrected chi connectivity index (χ3v) is 3.16. The second kappa shape index (κ2) is 3.57. The van der Waals surface area contributed by atoms with Crippen LogP contribution in [0.1, 0.15) is 40.0 Å². The van der Waals surface area contributed by atoms with Crippen LogP contribution >= 0.6 is 0 Å². The van der Waals surface area contributed by atoms with Crippen molar-refractivity contribution >= 4 is 0 Å². The summed E-state index contributed by atoms with van der Waals surface area (Å²) in [6.45, 7) is 6.70. The molecule has 1 rings (SSSR count). The molecule has 0 saturated heterocycles. The minimum absolute atomic E-state index is 0.00704. The number of hydrogen-bond donors (Lipinski definition) is 1. The lowest BCUT2D eigenvalue weighted by Crippen LogP contribution is -2.11. The second-order valence-electron chi connectivity index (χ2n) is 4.21. The molecule has 1 nitrogen and oxygen atoms in total.